The van der Waals surface area contributed by atoms with Crippen molar-refractivity contribution in [1.29, 1.82) is 0 Å². The Kier molecular flexibility index (Phi) is 11.6. The SMILES string of the molecule is CN=C(NCCCCOc1ccccc1)N(C)CCOCC1CC1.I. The second-order valence-corrected chi connectivity index (χ2v) is 6.28. The van der Waals surface area contributed by atoms with E-state index in [2.05, 4.69) is 15.2 Å². The fourth-order valence-electron chi connectivity index (χ4n) is 2.36. The molecule has 0 aliphatic heterocycles. The number of nitrogens with one attached hydrogen (secondary N) is 1. The van der Waals surface area contributed by atoms with Crippen molar-refractivity contribution < 1.29 is 9.47 Å². The maximum atomic E-state index is 5.69. The number of hydrogen-bond donors (Lipinski definition) is 1. The van der Waals surface area contributed by atoms with Gasteiger partial charge in [-0.05, 0) is 43.7 Å². The van der Waals surface area contributed by atoms with Gasteiger partial charge in [-0.3, -0.25) is 4.99 Å². The lowest BCUT2D eigenvalue weighted by Gasteiger charge is -2.22. The number of guanidine groups is 1. The number of halogens is 1. The normalized spacial score (nSPS) is 13.9. The molecule has 5 nitrogen and oxygen atoms in total. The Labute approximate surface area is 169 Å². The Hall–Kier alpha value is -1.02. The van der Waals surface area contributed by atoms with Gasteiger partial charge in [0.05, 0.1) is 13.2 Å². The van der Waals surface area contributed by atoms with Crippen LogP contribution in [0.3, 0.4) is 0 Å². The average molecular weight is 461 g/mol. The third-order valence-corrected chi connectivity index (χ3v) is 4.06. The molecule has 0 aromatic heterocycles. The van der Waals surface area contributed by atoms with Gasteiger partial charge in [0.25, 0.3) is 0 Å². The highest BCUT2D eigenvalue weighted by Gasteiger charge is 2.21. The van der Waals surface area contributed by atoms with Gasteiger partial charge in [0.15, 0.2) is 5.96 Å². The maximum Gasteiger partial charge on any atom is 0.193 e. The highest BCUT2D eigenvalue weighted by Crippen LogP contribution is 2.28. The summed E-state index contributed by atoms with van der Waals surface area (Å²) in [5.41, 5.74) is 0. The molecule has 25 heavy (non-hydrogen) atoms. The molecule has 0 saturated heterocycles. The number of nitrogens with zero attached hydrogens (tertiary/aromatic N) is 2. The molecule has 0 bridgehead atoms. The third kappa shape index (κ3) is 9.89. The first-order chi connectivity index (χ1) is 11.8. The van der Waals surface area contributed by atoms with E-state index < -0.39 is 0 Å². The van der Waals surface area contributed by atoms with Gasteiger partial charge in [-0.2, -0.15) is 0 Å². The summed E-state index contributed by atoms with van der Waals surface area (Å²) < 4.78 is 11.4. The van der Waals surface area contributed by atoms with E-state index in [1.54, 1.807) is 0 Å². The van der Waals surface area contributed by atoms with Crippen LogP contribution in [0.5, 0.6) is 5.75 Å². The number of benzene rings is 1. The Bertz CT molecular complexity index is 481. The summed E-state index contributed by atoms with van der Waals surface area (Å²) in [6.07, 6.45) is 4.76. The Morgan fingerprint density at radius 1 is 1.20 bits per heavy atom. The van der Waals surface area contributed by atoms with E-state index in [4.69, 9.17) is 9.47 Å². The number of rotatable bonds is 11. The number of unbranched alkanes of at least 4 members (excludes halogenated alkanes) is 1. The molecular weight excluding hydrogens is 429 g/mol. The van der Waals surface area contributed by atoms with Crippen LogP contribution in [0, 0.1) is 5.92 Å². The van der Waals surface area contributed by atoms with Crippen molar-refractivity contribution in [2.75, 3.05) is 47.0 Å². The van der Waals surface area contributed by atoms with Crippen LogP contribution in [-0.2, 0) is 4.74 Å². The van der Waals surface area contributed by atoms with Crippen molar-refractivity contribution in [2.24, 2.45) is 10.9 Å². The number of para-hydroxylation sites is 1. The molecule has 1 aromatic carbocycles. The lowest BCUT2D eigenvalue weighted by atomic mass is 10.3. The van der Waals surface area contributed by atoms with E-state index in [-0.39, 0.29) is 24.0 Å². The lowest BCUT2D eigenvalue weighted by molar-refractivity contribution is 0.115. The molecule has 142 valence electrons. The van der Waals surface area contributed by atoms with Crippen molar-refractivity contribution >= 4 is 29.9 Å². The van der Waals surface area contributed by atoms with Crippen LogP contribution in [-0.4, -0.2) is 57.9 Å². The molecule has 0 heterocycles. The molecule has 2 rings (SSSR count). The summed E-state index contributed by atoms with van der Waals surface area (Å²) in [4.78, 5) is 6.44. The number of aliphatic imine (C=N–C) groups is 1. The predicted octanol–water partition coefficient (Wildman–Crippen LogP) is 3.40. The van der Waals surface area contributed by atoms with Crippen LogP contribution in [0.4, 0.5) is 0 Å². The van der Waals surface area contributed by atoms with Crippen molar-refractivity contribution in [2.45, 2.75) is 25.7 Å². The van der Waals surface area contributed by atoms with Crippen LogP contribution in [0.15, 0.2) is 35.3 Å². The zero-order valence-electron chi connectivity index (χ0n) is 15.4. The first kappa shape index (κ1) is 22.0. The molecular formula is C19H32IN3O2. The molecule has 1 fully saturated rings. The van der Waals surface area contributed by atoms with E-state index in [1.165, 1.54) is 12.8 Å². The zero-order chi connectivity index (χ0) is 17.0. The smallest absolute Gasteiger partial charge is 0.193 e. The van der Waals surface area contributed by atoms with Gasteiger partial charge >= 0.3 is 0 Å². The molecule has 1 aliphatic rings. The Balaban J connectivity index is 0.00000312. The van der Waals surface area contributed by atoms with Crippen molar-refractivity contribution in [1.82, 2.24) is 10.2 Å². The van der Waals surface area contributed by atoms with Gasteiger partial charge in [-0.1, -0.05) is 18.2 Å². The first-order valence-electron chi connectivity index (χ1n) is 8.97. The molecule has 1 N–H and O–H groups in total. The zero-order valence-corrected chi connectivity index (χ0v) is 17.8. The van der Waals surface area contributed by atoms with Gasteiger partial charge in [0.2, 0.25) is 0 Å². The fraction of sp³-hybridized carbons (Fsp3) is 0.632. The number of likely N-dealkylation sites (N-methyl/N-ethyl adjacent to an activating group) is 1. The van der Waals surface area contributed by atoms with Crippen molar-refractivity contribution in [3.05, 3.63) is 30.3 Å². The highest BCUT2D eigenvalue weighted by atomic mass is 127. The van der Waals surface area contributed by atoms with Crippen LogP contribution in [0.25, 0.3) is 0 Å². The quantitative estimate of drug-likeness (QED) is 0.238. The van der Waals surface area contributed by atoms with Crippen LogP contribution < -0.4 is 10.1 Å². The van der Waals surface area contributed by atoms with E-state index in [1.807, 2.05) is 44.4 Å². The molecule has 0 unspecified atom stereocenters. The third-order valence-electron chi connectivity index (χ3n) is 4.06. The summed E-state index contributed by atoms with van der Waals surface area (Å²) in [5, 5.41) is 3.39. The molecule has 6 heteroatoms. The monoisotopic (exact) mass is 461 g/mol. The molecule has 0 atom stereocenters. The minimum Gasteiger partial charge on any atom is -0.494 e. The number of ether oxygens (including phenoxy) is 2. The van der Waals surface area contributed by atoms with E-state index >= 15 is 0 Å². The highest BCUT2D eigenvalue weighted by molar-refractivity contribution is 14.0. The molecule has 1 aromatic rings. The fourth-order valence-corrected chi connectivity index (χ4v) is 2.36. The molecule has 0 spiro atoms. The minimum absolute atomic E-state index is 0. The molecule has 0 amide bonds. The molecule has 1 aliphatic carbocycles. The predicted molar refractivity (Wildman–Crippen MR) is 114 cm³/mol. The summed E-state index contributed by atoms with van der Waals surface area (Å²) in [5.74, 6) is 2.69. The van der Waals surface area contributed by atoms with Crippen molar-refractivity contribution in [3.8, 4) is 5.75 Å². The summed E-state index contributed by atoms with van der Waals surface area (Å²) in [6.45, 7) is 4.19. The van der Waals surface area contributed by atoms with Gasteiger partial charge in [-0.15, -0.1) is 24.0 Å². The number of hydrogen-bond acceptors (Lipinski definition) is 3. The van der Waals surface area contributed by atoms with Gasteiger partial charge in [-0.25, -0.2) is 0 Å². The summed E-state index contributed by atoms with van der Waals surface area (Å²) in [7, 11) is 3.87. The second kappa shape index (κ2) is 13.2. The second-order valence-electron chi connectivity index (χ2n) is 6.28. The van der Waals surface area contributed by atoms with Gasteiger partial charge < -0.3 is 19.7 Å². The molecule has 1 saturated carbocycles. The summed E-state index contributed by atoms with van der Waals surface area (Å²) in [6, 6.07) is 9.95. The van der Waals surface area contributed by atoms with E-state index in [0.29, 0.717) is 0 Å². The average Bonchev–Trinajstić information content (AvgIpc) is 3.43. The van der Waals surface area contributed by atoms with Crippen LogP contribution in [0.1, 0.15) is 25.7 Å². The van der Waals surface area contributed by atoms with Gasteiger partial charge in [0, 0.05) is 33.8 Å². The first-order valence-corrected chi connectivity index (χ1v) is 8.97. The Morgan fingerprint density at radius 2 is 1.96 bits per heavy atom. The minimum atomic E-state index is 0. The lowest BCUT2D eigenvalue weighted by Crippen LogP contribution is -2.41. The van der Waals surface area contributed by atoms with Crippen LogP contribution in [0.2, 0.25) is 0 Å². The van der Waals surface area contributed by atoms with Gasteiger partial charge in [0.1, 0.15) is 5.75 Å². The van der Waals surface area contributed by atoms with Crippen molar-refractivity contribution in [3.63, 3.8) is 0 Å². The van der Waals surface area contributed by atoms with E-state index in [0.717, 1.165) is 63.4 Å². The maximum absolute atomic E-state index is 5.69. The standard InChI is InChI=1S/C19H31N3O2.HI/c1-20-19(22(2)13-15-23-16-17-10-11-17)21-12-6-7-14-24-18-8-4-3-5-9-18;/h3-5,8-9,17H,6-7,10-16H2,1-2H3,(H,20,21);1H. The van der Waals surface area contributed by atoms with Crippen LogP contribution >= 0.6 is 24.0 Å². The topological polar surface area (TPSA) is 46.1 Å². The Morgan fingerprint density at radius 3 is 2.64 bits per heavy atom. The summed E-state index contributed by atoms with van der Waals surface area (Å²) >= 11 is 0. The van der Waals surface area contributed by atoms with E-state index in [9.17, 15) is 0 Å². The molecule has 0 radical (unpaired) electrons. The largest absolute Gasteiger partial charge is 0.494 e.